The van der Waals surface area contributed by atoms with Gasteiger partial charge in [0.15, 0.2) is 0 Å². The van der Waals surface area contributed by atoms with E-state index in [1.807, 2.05) is 0 Å². The molecule has 0 saturated heterocycles. The van der Waals surface area contributed by atoms with Crippen LogP contribution in [0.25, 0.3) is 0 Å². The van der Waals surface area contributed by atoms with Crippen LogP contribution in [0, 0.1) is 27.2 Å². The number of carboxylic acid groups (broad SMARTS) is 1. The largest absolute Gasteiger partial charge is 0.477 e. The molecule has 0 aromatic heterocycles. The van der Waals surface area contributed by atoms with Gasteiger partial charge in [0.05, 0.1) is 9.85 Å². The molecule has 0 aliphatic carbocycles. The van der Waals surface area contributed by atoms with E-state index >= 15 is 0 Å². The Bertz CT molecular complexity index is 496. The Labute approximate surface area is 88.4 Å². The average molecular weight is 226 g/mol. The normalized spacial score (nSPS) is 9.81. The number of nitro benzene ring substituents is 2. The molecule has 0 aliphatic rings. The van der Waals surface area contributed by atoms with Crippen LogP contribution < -0.4 is 0 Å². The number of nitro groups is 2. The lowest BCUT2D eigenvalue weighted by atomic mass is 10.1. The highest BCUT2D eigenvalue weighted by molar-refractivity contribution is 5.96. The summed E-state index contributed by atoms with van der Waals surface area (Å²) < 4.78 is 0. The lowest BCUT2D eigenvalue weighted by Gasteiger charge is -2.02. The molecular formula is C8H6N2O6. The molecule has 0 saturated carbocycles. The van der Waals surface area contributed by atoms with Crippen molar-refractivity contribution in [2.24, 2.45) is 0 Å². The van der Waals surface area contributed by atoms with Crippen LogP contribution in [0.4, 0.5) is 11.4 Å². The highest BCUT2D eigenvalue weighted by Gasteiger charge is 2.33. The summed E-state index contributed by atoms with van der Waals surface area (Å²) in [6.45, 7) is 1.33. The van der Waals surface area contributed by atoms with Gasteiger partial charge in [0, 0.05) is 6.07 Å². The summed E-state index contributed by atoms with van der Waals surface area (Å²) in [6, 6.07) is 2.08. The minimum absolute atomic E-state index is 0.102. The maximum Gasteiger partial charge on any atom is 0.360 e. The fourth-order valence-corrected chi connectivity index (χ4v) is 1.28. The molecule has 0 atom stereocenters. The second-order valence-electron chi connectivity index (χ2n) is 2.94. The number of rotatable bonds is 3. The SMILES string of the molecule is Cc1ccc([N+](=O)[O-])c([N+](=O)[O-])c1C(=O)O. The molecule has 0 aliphatic heterocycles. The summed E-state index contributed by atoms with van der Waals surface area (Å²) in [4.78, 5) is 29.9. The van der Waals surface area contributed by atoms with Crippen molar-refractivity contribution in [3.05, 3.63) is 43.5 Å². The van der Waals surface area contributed by atoms with Crippen molar-refractivity contribution in [2.45, 2.75) is 6.92 Å². The van der Waals surface area contributed by atoms with E-state index < -0.39 is 32.8 Å². The predicted octanol–water partition coefficient (Wildman–Crippen LogP) is 1.51. The van der Waals surface area contributed by atoms with E-state index in [-0.39, 0.29) is 5.56 Å². The molecule has 8 nitrogen and oxygen atoms in total. The zero-order chi connectivity index (χ0) is 12.5. The van der Waals surface area contributed by atoms with Crippen molar-refractivity contribution in [1.29, 1.82) is 0 Å². The Kier molecular flexibility index (Phi) is 2.84. The highest BCUT2D eigenvalue weighted by Crippen LogP contribution is 2.32. The van der Waals surface area contributed by atoms with Crippen molar-refractivity contribution in [3.63, 3.8) is 0 Å². The molecule has 1 N–H and O–H groups in total. The number of hydrogen-bond donors (Lipinski definition) is 1. The predicted molar refractivity (Wildman–Crippen MR) is 51.4 cm³/mol. The monoisotopic (exact) mass is 226 g/mol. The summed E-state index contributed by atoms with van der Waals surface area (Å²) in [6.07, 6.45) is 0. The molecule has 0 amide bonds. The molecule has 0 bridgehead atoms. The van der Waals surface area contributed by atoms with Gasteiger partial charge in [-0.1, -0.05) is 6.07 Å². The van der Waals surface area contributed by atoms with Gasteiger partial charge >= 0.3 is 17.3 Å². The number of aromatic carboxylic acids is 1. The smallest absolute Gasteiger partial charge is 0.360 e. The Morgan fingerprint density at radius 3 is 2.19 bits per heavy atom. The van der Waals surface area contributed by atoms with Crippen molar-refractivity contribution >= 4 is 17.3 Å². The van der Waals surface area contributed by atoms with Crippen LogP contribution in [0.15, 0.2) is 12.1 Å². The Morgan fingerprint density at radius 2 is 1.81 bits per heavy atom. The minimum atomic E-state index is -1.56. The first kappa shape index (κ1) is 11.6. The van der Waals surface area contributed by atoms with Crippen LogP contribution in [0.3, 0.4) is 0 Å². The quantitative estimate of drug-likeness (QED) is 0.615. The molecule has 0 heterocycles. The second kappa shape index (κ2) is 3.93. The summed E-state index contributed by atoms with van der Waals surface area (Å²) in [5.74, 6) is -1.56. The Balaban J connectivity index is 3.70. The molecule has 16 heavy (non-hydrogen) atoms. The molecule has 1 aromatic rings. The number of carbonyl (C=O) groups is 1. The third-order valence-corrected chi connectivity index (χ3v) is 1.96. The van der Waals surface area contributed by atoms with Gasteiger partial charge in [-0.25, -0.2) is 4.79 Å². The zero-order valence-corrected chi connectivity index (χ0v) is 8.04. The van der Waals surface area contributed by atoms with Gasteiger partial charge in [-0.05, 0) is 12.5 Å². The summed E-state index contributed by atoms with van der Waals surface area (Å²) in [5, 5.41) is 29.9. The van der Waals surface area contributed by atoms with E-state index in [2.05, 4.69) is 0 Å². The van der Waals surface area contributed by atoms with E-state index in [4.69, 9.17) is 5.11 Å². The third kappa shape index (κ3) is 1.80. The molecule has 1 rings (SSSR count). The van der Waals surface area contributed by atoms with Gasteiger partial charge in [0.1, 0.15) is 5.56 Å². The van der Waals surface area contributed by atoms with Gasteiger partial charge in [0.25, 0.3) is 0 Å². The maximum absolute atomic E-state index is 10.8. The first-order chi connectivity index (χ1) is 7.36. The number of carboxylic acids is 1. The second-order valence-corrected chi connectivity index (χ2v) is 2.94. The van der Waals surface area contributed by atoms with Crippen molar-refractivity contribution in [1.82, 2.24) is 0 Å². The van der Waals surface area contributed by atoms with Gasteiger partial charge in [0.2, 0.25) is 0 Å². The summed E-state index contributed by atoms with van der Waals surface area (Å²) in [7, 11) is 0. The maximum atomic E-state index is 10.8. The number of nitrogens with zero attached hydrogens (tertiary/aromatic N) is 2. The fraction of sp³-hybridized carbons (Fsp3) is 0.125. The summed E-state index contributed by atoms with van der Waals surface area (Å²) in [5.41, 5.74) is -2.37. The van der Waals surface area contributed by atoms with E-state index in [1.54, 1.807) is 0 Å². The van der Waals surface area contributed by atoms with Crippen LogP contribution in [-0.2, 0) is 0 Å². The zero-order valence-electron chi connectivity index (χ0n) is 8.04. The minimum Gasteiger partial charge on any atom is -0.477 e. The number of aryl methyl sites for hydroxylation is 1. The van der Waals surface area contributed by atoms with E-state index in [0.29, 0.717) is 0 Å². The Hall–Kier alpha value is -2.51. The van der Waals surface area contributed by atoms with Gasteiger partial charge in [-0.3, -0.25) is 20.2 Å². The van der Waals surface area contributed by atoms with Gasteiger partial charge in [-0.2, -0.15) is 0 Å². The van der Waals surface area contributed by atoms with Crippen LogP contribution in [0.2, 0.25) is 0 Å². The standard InChI is InChI=1S/C8H6N2O6/c1-4-2-3-5(9(13)14)7(10(15)16)6(4)8(11)12/h2-3H,1H3,(H,11,12). The topological polar surface area (TPSA) is 124 Å². The first-order valence-electron chi connectivity index (χ1n) is 4.02. The fourth-order valence-electron chi connectivity index (χ4n) is 1.28. The van der Waals surface area contributed by atoms with E-state index in [9.17, 15) is 25.0 Å². The molecular weight excluding hydrogens is 220 g/mol. The van der Waals surface area contributed by atoms with Crippen LogP contribution >= 0.6 is 0 Å². The molecule has 8 heteroatoms. The Morgan fingerprint density at radius 1 is 1.25 bits per heavy atom. The molecule has 84 valence electrons. The van der Waals surface area contributed by atoms with Crippen molar-refractivity contribution in [2.75, 3.05) is 0 Å². The number of benzene rings is 1. The molecule has 0 spiro atoms. The van der Waals surface area contributed by atoms with Crippen molar-refractivity contribution in [3.8, 4) is 0 Å². The van der Waals surface area contributed by atoms with E-state index in [1.165, 1.54) is 6.92 Å². The molecule has 0 radical (unpaired) electrons. The van der Waals surface area contributed by atoms with Crippen LogP contribution in [-0.4, -0.2) is 20.9 Å². The number of hydrogen-bond acceptors (Lipinski definition) is 5. The van der Waals surface area contributed by atoms with Crippen molar-refractivity contribution < 1.29 is 19.7 Å². The van der Waals surface area contributed by atoms with Crippen LogP contribution in [0.1, 0.15) is 15.9 Å². The van der Waals surface area contributed by atoms with Gasteiger partial charge < -0.3 is 5.11 Å². The molecule has 0 fully saturated rings. The molecule has 0 unspecified atom stereocenters. The molecule has 1 aromatic carbocycles. The van der Waals surface area contributed by atoms with Gasteiger partial charge in [-0.15, -0.1) is 0 Å². The van der Waals surface area contributed by atoms with E-state index in [0.717, 1.165) is 12.1 Å². The third-order valence-electron chi connectivity index (χ3n) is 1.96. The average Bonchev–Trinajstić information content (AvgIpc) is 2.15. The lowest BCUT2D eigenvalue weighted by Crippen LogP contribution is -2.07. The first-order valence-corrected chi connectivity index (χ1v) is 4.02. The van der Waals surface area contributed by atoms with Crippen LogP contribution in [0.5, 0.6) is 0 Å². The highest BCUT2D eigenvalue weighted by atomic mass is 16.6. The summed E-state index contributed by atoms with van der Waals surface area (Å²) >= 11 is 0. The lowest BCUT2D eigenvalue weighted by molar-refractivity contribution is -0.422.